The summed E-state index contributed by atoms with van der Waals surface area (Å²) in [6.45, 7) is 2.34. The van der Waals surface area contributed by atoms with Crippen LogP contribution in [0.2, 0.25) is 0 Å². The minimum atomic E-state index is 0. The molecule has 8 heteroatoms. The van der Waals surface area contributed by atoms with Gasteiger partial charge in [-0.2, -0.15) is 84.6 Å². The van der Waals surface area contributed by atoms with E-state index in [9.17, 15) is 0 Å². The van der Waals surface area contributed by atoms with Crippen molar-refractivity contribution in [1.82, 2.24) is 0 Å². The van der Waals surface area contributed by atoms with E-state index >= 15 is 0 Å². The van der Waals surface area contributed by atoms with E-state index in [-0.39, 0.29) is 67.3 Å². The van der Waals surface area contributed by atoms with Crippen LogP contribution in [-0.4, -0.2) is 84.6 Å². The van der Waals surface area contributed by atoms with Crippen molar-refractivity contribution < 1.29 is 52.4 Å². The Morgan fingerprint density at radius 2 is 0.485 bits per heavy atom. The number of rotatable bonds is 0. The first-order valence-electron chi connectivity index (χ1n) is 10.8. The van der Waals surface area contributed by atoms with Crippen molar-refractivity contribution in [3.8, 4) is 0 Å². The molecule has 0 aromatic rings. The minimum absolute atomic E-state index is 0. The van der Waals surface area contributed by atoms with Gasteiger partial charge in [0, 0.05) is 0 Å². The van der Waals surface area contributed by atoms with Crippen molar-refractivity contribution in [2.75, 3.05) is 84.6 Å². The van der Waals surface area contributed by atoms with Gasteiger partial charge in [0.1, 0.15) is 0 Å². The first-order valence-corrected chi connectivity index (χ1v) is 10.8. The Morgan fingerprint density at radius 1 is 0.364 bits per heavy atom. The molecule has 0 radical (unpaired) electrons. The summed E-state index contributed by atoms with van der Waals surface area (Å²) in [5.41, 5.74) is 0. The number of nitrogens with zero attached hydrogens (tertiary/aromatic N) is 6. The Balaban J connectivity index is -0.0000000230. The third-order valence-electron chi connectivity index (χ3n) is 2.89. The van der Waals surface area contributed by atoms with Gasteiger partial charge in [0.05, 0.1) is 0 Å². The van der Waals surface area contributed by atoms with Gasteiger partial charge in [0.15, 0.2) is 0 Å². The molecule has 33 heavy (non-hydrogen) atoms. The Morgan fingerprint density at radius 3 is 0.545 bits per heavy atom. The molecule has 0 aliphatic heterocycles. The molecule has 0 aromatic carbocycles. The summed E-state index contributed by atoms with van der Waals surface area (Å²) in [5, 5.41) is 21.0. The Labute approximate surface area is 252 Å². The van der Waals surface area contributed by atoms with Crippen molar-refractivity contribution >= 4 is 0 Å². The van der Waals surface area contributed by atoms with Crippen molar-refractivity contribution in [2.24, 2.45) is 5.92 Å². The van der Waals surface area contributed by atoms with E-state index in [0.717, 1.165) is 5.92 Å². The molecule has 2 saturated carbocycles. The summed E-state index contributed by atoms with van der Waals surface area (Å²) in [7, 11) is 21.0. The second-order valence-electron chi connectivity index (χ2n) is 6.84. The molecule has 0 heterocycles. The average Bonchev–Trinajstić information content (AvgIpc) is 3.36. The van der Waals surface area contributed by atoms with Gasteiger partial charge < -0.3 is 46.8 Å². The van der Waals surface area contributed by atoms with Crippen LogP contribution < -0.4 is 0 Å². The molecule has 0 bridgehead atoms. The number of hydrogen-bond donors (Lipinski definition) is 0. The van der Waals surface area contributed by atoms with E-state index in [1.54, 1.807) is 84.6 Å². The maximum atomic E-state index is 3.50. The topological polar surface area (TPSA) is 84.6 Å². The summed E-state index contributed by atoms with van der Waals surface area (Å²) in [5.74, 6) is 1.05. The van der Waals surface area contributed by atoms with Gasteiger partial charge in [-0.1, -0.05) is 64.7 Å². The zero-order chi connectivity index (χ0) is 24.2. The monoisotopic (exact) mass is 628 g/mol. The van der Waals surface area contributed by atoms with Crippen LogP contribution in [0.1, 0.15) is 64.7 Å². The largest absolute Gasteiger partial charge is 4.00 e. The molecular weight excluding hydrogens is 567 g/mol. The summed E-state index contributed by atoms with van der Waals surface area (Å²) < 4.78 is 0. The summed E-state index contributed by atoms with van der Waals surface area (Å²) >= 11 is 0. The van der Waals surface area contributed by atoms with Crippen molar-refractivity contribution in [3.63, 3.8) is 0 Å². The van der Waals surface area contributed by atoms with Crippen LogP contribution >= 0.6 is 0 Å². The van der Waals surface area contributed by atoms with Gasteiger partial charge in [0.25, 0.3) is 0 Å². The molecular formula is C25H64N6Zr2. The molecule has 0 saturated heterocycles. The second-order valence-corrected chi connectivity index (χ2v) is 6.84. The van der Waals surface area contributed by atoms with E-state index in [1.165, 1.54) is 57.8 Å². The fourth-order valence-electron chi connectivity index (χ4n) is 2.01. The average molecular weight is 631 g/mol. The van der Waals surface area contributed by atoms with Crippen LogP contribution in [0, 0.1) is 20.8 Å². The maximum absolute atomic E-state index is 3.50. The standard InChI is InChI=1S/C6H12.C5H10.6C2H6N.2CH3.2Zr/c1-6-4-2-3-5-6;1-2-4-5-3-1;6*1-3-2;;;;/h6H,2-5H2,1H3;1-5H2;6*1-2H3;2*1H3;;/q;;8*-1;2*+4. The molecule has 0 aromatic heterocycles. The van der Waals surface area contributed by atoms with E-state index in [0.29, 0.717) is 0 Å². The van der Waals surface area contributed by atoms with E-state index < -0.39 is 0 Å². The van der Waals surface area contributed by atoms with E-state index in [2.05, 4.69) is 38.8 Å². The molecule has 2 fully saturated rings. The van der Waals surface area contributed by atoms with Gasteiger partial charge in [0.2, 0.25) is 0 Å². The molecule has 202 valence electrons. The quantitative estimate of drug-likeness (QED) is 0.240. The van der Waals surface area contributed by atoms with Gasteiger partial charge >= 0.3 is 52.4 Å². The Hall–Kier alpha value is 1.53. The molecule has 2 rings (SSSR count). The predicted octanol–water partition coefficient (Wildman–Crippen LogP) is 8.76. The molecule has 0 unspecified atom stereocenters. The van der Waals surface area contributed by atoms with Crippen LogP contribution in [0.25, 0.3) is 31.9 Å². The molecule has 0 amide bonds. The van der Waals surface area contributed by atoms with E-state index in [1.807, 2.05) is 0 Å². The first kappa shape index (κ1) is 64.5. The van der Waals surface area contributed by atoms with Gasteiger partial charge in [-0.05, 0) is 5.92 Å². The SMILES string of the molecule is C1CCCC1.CC1CCCC1.C[N-]C.C[N-]C.C[N-]C.C[N-]C.C[N-]C.C[N-]C.[CH3-].[CH3-].[Zr+4].[Zr+4]. The molecule has 0 N–H and O–H groups in total. The Bertz CT molecular complexity index is 150. The normalized spacial score (nSPS) is 11.5. The zero-order valence-electron chi connectivity index (χ0n) is 25.6. The third kappa shape index (κ3) is 182. The van der Waals surface area contributed by atoms with Gasteiger partial charge in [-0.3, -0.25) is 0 Å². The fraction of sp³-hybridized carbons (Fsp3) is 0.920. The smallest absolute Gasteiger partial charge is 0.668 e. The summed E-state index contributed by atoms with van der Waals surface area (Å²) in [6.07, 6.45) is 13.4. The molecule has 2 aliphatic carbocycles. The van der Waals surface area contributed by atoms with Crippen molar-refractivity contribution in [3.05, 3.63) is 46.8 Å². The Kier molecular flexibility index (Phi) is 182. The molecule has 0 spiro atoms. The number of hydrogen-bond acceptors (Lipinski definition) is 0. The molecule has 0 atom stereocenters. The van der Waals surface area contributed by atoms with Crippen LogP contribution in [0.4, 0.5) is 0 Å². The van der Waals surface area contributed by atoms with Crippen LogP contribution in [0.3, 0.4) is 0 Å². The third-order valence-corrected chi connectivity index (χ3v) is 2.89. The molecule has 2 aliphatic rings. The summed E-state index contributed by atoms with van der Waals surface area (Å²) in [4.78, 5) is 0. The van der Waals surface area contributed by atoms with Crippen LogP contribution in [-0.2, 0) is 52.4 Å². The minimum Gasteiger partial charge on any atom is -0.668 e. The maximum Gasteiger partial charge on any atom is 4.00 e. The van der Waals surface area contributed by atoms with E-state index in [4.69, 9.17) is 0 Å². The fourth-order valence-corrected chi connectivity index (χ4v) is 2.01. The van der Waals surface area contributed by atoms with Crippen molar-refractivity contribution in [1.29, 1.82) is 0 Å². The van der Waals surface area contributed by atoms with Gasteiger partial charge in [-0.25, -0.2) is 0 Å². The first-order chi connectivity index (χ1) is 13.9. The van der Waals surface area contributed by atoms with Gasteiger partial charge in [-0.15, -0.1) is 0 Å². The molecule has 6 nitrogen and oxygen atoms in total. The predicted molar refractivity (Wildman–Crippen MR) is 155 cm³/mol. The van der Waals surface area contributed by atoms with Crippen LogP contribution in [0.15, 0.2) is 0 Å². The van der Waals surface area contributed by atoms with Crippen molar-refractivity contribution in [2.45, 2.75) is 64.7 Å². The summed E-state index contributed by atoms with van der Waals surface area (Å²) in [6, 6.07) is 0. The van der Waals surface area contributed by atoms with Crippen LogP contribution in [0.5, 0.6) is 0 Å². The second kappa shape index (κ2) is 93.0. The zero-order valence-corrected chi connectivity index (χ0v) is 30.5.